The maximum absolute atomic E-state index is 5.89. The van der Waals surface area contributed by atoms with Gasteiger partial charge in [0.1, 0.15) is 12.4 Å². The molecular formula is C14H19BrN4O. The van der Waals surface area contributed by atoms with Crippen LogP contribution in [0.4, 0.5) is 5.82 Å². The Morgan fingerprint density at radius 1 is 1.35 bits per heavy atom. The van der Waals surface area contributed by atoms with Crippen LogP contribution in [0.15, 0.2) is 28.7 Å². The van der Waals surface area contributed by atoms with E-state index in [2.05, 4.69) is 47.0 Å². The first kappa shape index (κ1) is 14.8. The number of hydrogen-bond acceptors (Lipinski definition) is 4. The number of ether oxygens (including phenoxy) is 1. The lowest BCUT2D eigenvalue weighted by molar-refractivity contribution is 0.283. The largest absolute Gasteiger partial charge is 0.492 e. The van der Waals surface area contributed by atoms with Crippen molar-refractivity contribution in [3.8, 4) is 5.75 Å². The van der Waals surface area contributed by atoms with E-state index in [0.29, 0.717) is 19.0 Å². The van der Waals surface area contributed by atoms with Gasteiger partial charge in [0.15, 0.2) is 5.82 Å². The fourth-order valence-electron chi connectivity index (χ4n) is 2.06. The van der Waals surface area contributed by atoms with Gasteiger partial charge >= 0.3 is 0 Å². The molecular weight excluding hydrogens is 320 g/mol. The third kappa shape index (κ3) is 3.50. The molecule has 1 aromatic heterocycles. The molecule has 1 heterocycles. The SMILES string of the molecule is CC(C)(C)c1c(N)nnn1CCOc1cccc(Br)c1. The fourth-order valence-corrected chi connectivity index (χ4v) is 2.44. The molecule has 0 aliphatic rings. The Morgan fingerprint density at radius 2 is 2.10 bits per heavy atom. The summed E-state index contributed by atoms with van der Waals surface area (Å²) in [5, 5.41) is 8.03. The molecule has 0 amide bonds. The molecule has 20 heavy (non-hydrogen) atoms. The Hall–Kier alpha value is -1.56. The first-order valence-electron chi connectivity index (χ1n) is 6.46. The van der Waals surface area contributed by atoms with Gasteiger partial charge in [-0.15, -0.1) is 5.10 Å². The fraction of sp³-hybridized carbons (Fsp3) is 0.429. The van der Waals surface area contributed by atoms with Gasteiger partial charge in [-0.1, -0.05) is 48.0 Å². The molecule has 0 spiro atoms. The molecule has 0 aliphatic carbocycles. The average molecular weight is 339 g/mol. The number of anilines is 1. The summed E-state index contributed by atoms with van der Waals surface area (Å²) in [6.45, 7) is 7.40. The van der Waals surface area contributed by atoms with Crippen LogP contribution < -0.4 is 10.5 Å². The second-order valence-electron chi connectivity index (χ2n) is 5.60. The van der Waals surface area contributed by atoms with Gasteiger partial charge in [-0.2, -0.15) is 0 Å². The van der Waals surface area contributed by atoms with Crippen LogP contribution in [-0.4, -0.2) is 21.6 Å². The molecule has 0 aliphatic heterocycles. The number of halogens is 1. The Morgan fingerprint density at radius 3 is 2.75 bits per heavy atom. The number of hydrogen-bond donors (Lipinski definition) is 1. The summed E-state index contributed by atoms with van der Waals surface area (Å²) in [5.41, 5.74) is 6.74. The molecule has 2 rings (SSSR count). The Balaban J connectivity index is 2.02. The van der Waals surface area contributed by atoms with E-state index in [1.54, 1.807) is 0 Å². The summed E-state index contributed by atoms with van der Waals surface area (Å²) in [7, 11) is 0. The van der Waals surface area contributed by atoms with Gasteiger partial charge in [-0.25, -0.2) is 4.68 Å². The molecule has 5 nitrogen and oxygen atoms in total. The quantitative estimate of drug-likeness (QED) is 0.930. The lowest BCUT2D eigenvalue weighted by Crippen LogP contribution is -2.22. The lowest BCUT2D eigenvalue weighted by Gasteiger charge is -2.20. The second-order valence-corrected chi connectivity index (χ2v) is 6.52. The predicted molar refractivity (Wildman–Crippen MR) is 82.8 cm³/mol. The van der Waals surface area contributed by atoms with Crippen LogP contribution in [0.1, 0.15) is 26.5 Å². The third-order valence-electron chi connectivity index (χ3n) is 2.84. The Labute approximate surface area is 127 Å². The lowest BCUT2D eigenvalue weighted by atomic mass is 9.92. The standard InChI is InChI=1S/C14H19BrN4O/c1-14(2,3)12-13(16)17-18-19(12)7-8-20-11-6-4-5-10(15)9-11/h4-6,9H,7-8,16H2,1-3H3. The minimum atomic E-state index is -0.0939. The van der Waals surface area contributed by atoms with Crippen LogP contribution in [0.2, 0.25) is 0 Å². The van der Waals surface area contributed by atoms with Gasteiger partial charge < -0.3 is 10.5 Å². The van der Waals surface area contributed by atoms with Crippen molar-refractivity contribution in [1.29, 1.82) is 0 Å². The topological polar surface area (TPSA) is 66.0 Å². The molecule has 0 radical (unpaired) electrons. The summed E-state index contributed by atoms with van der Waals surface area (Å²) in [6.07, 6.45) is 0. The second kappa shape index (κ2) is 5.83. The summed E-state index contributed by atoms with van der Waals surface area (Å²) in [5.74, 6) is 1.31. The van der Waals surface area contributed by atoms with Gasteiger partial charge in [-0.05, 0) is 18.2 Å². The van der Waals surface area contributed by atoms with E-state index in [-0.39, 0.29) is 5.41 Å². The van der Waals surface area contributed by atoms with E-state index < -0.39 is 0 Å². The highest BCUT2D eigenvalue weighted by molar-refractivity contribution is 9.10. The van der Waals surface area contributed by atoms with Crippen LogP contribution in [0.25, 0.3) is 0 Å². The van der Waals surface area contributed by atoms with E-state index >= 15 is 0 Å². The van der Waals surface area contributed by atoms with E-state index in [4.69, 9.17) is 10.5 Å². The number of benzene rings is 1. The number of aromatic nitrogens is 3. The highest BCUT2D eigenvalue weighted by Crippen LogP contribution is 2.26. The highest BCUT2D eigenvalue weighted by atomic mass is 79.9. The van der Waals surface area contributed by atoms with E-state index in [9.17, 15) is 0 Å². The summed E-state index contributed by atoms with van der Waals surface area (Å²) in [4.78, 5) is 0. The molecule has 0 bridgehead atoms. The van der Waals surface area contributed by atoms with Crippen molar-refractivity contribution in [3.05, 3.63) is 34.4 Å². The molecule has 6 heteroatoms. The van der Waals surface area contributed by atoms with E-state index in [1.807, 2.05) is 28.9 Å². The number of nitrogens with zero attached hydrogens (tertiary/aromatic N) is 3. The maximum atomic E-state index is 5.89. The van der Waals surface area contributed by atoms with Crippen molar-refractivity contribution in [1.82, 2.24) is 15.0 Å². The molecule has 0 fully saturated rings. The first-order chi connectivity index (χ1) is 9.38. The van der Waals surface area contributed by atoms with Crippen molar-refractivity contribution >= 4 is 21.7 Å². The molecule has 0 saturated heterocycles. The molecule has 2 N–H and O–H groups in total. The first-order valence-corrected chi connectivity index (χ1v) is 7.25. The van der Waals surface area contributed by atoms with Gasteiger partial charge in [0.05, 0.1) is 12.2 Å². The average Bonchev–Trinajstić information content (AvgIpc) is 2.70. The minimum Gasteiger partial charge on any atom is -0.492 e. The van der Waals surface area contributed by atoms with Gasteiger partial charge in [0.25, 0.3) is 0 Å². The van der Waals surface area contributed by atoms with Gasteiger partial charge in [-0.3, -0.25) is 0 Å². The molecule has 2 aromatic rings. The van der Waals surface area contributed by atoms with Crippen molar-refractivity contribution in [2.75, 3.05) is 12.3 Å². The highest BCUT2D eigenvalue weighted by Gasteiger charge is 2.23. The number of rotatable bonds is 4. The zero-order valence-electron chi connectivity index (χ0n) is 11.9. The molecule has 0 atom stereocenters. The normalized spacial score (nSPS) is 11.6. The summed E-state index contributed by atoms with van der Waals surface area (Å²) < 4.78 is 8.52. The summed E-state index contributed by atoms with van der Waals surface area (Å²) in [6, 6.07) is 7.75. The monoisotopic (exact) mass is 338 g/mol. The molecule has 108 valence electrons. The van der Waals surface area contributed by atoms with Gasteiger partial charge in [0, 0.05) is 9.89 Å². The van der Waals surface area contributed by atoms with Crippen LogP contribution >= 0.6 is 15.9 Å². The number of nitrogens with two attached hydrogens (primary N) is 1. The van der Waals surface area contributed by atoms with E-state index in [1.165, 1.54) is 0 Å². The zero-order chi connectivity index (χ0) is 14.8. The molecule has 0 unspecified atom stereocenters. The van der Waals surface area contributed by atoms with Crippen LogP contribution in [0.5, 0.6) is 5.75 Å². The minimum absolute atomic E-state index is 0.0939. The van der Waals surface area contributed by atoms with Crippen molar-refractivity contribution in [2.24, 2.45) is 0 Å². The van der Waals surface area contributed by atoms with Gasteiger partial charge in [0.2, 0.25) is 0 Å². The Kier molecular flexibility index (Phi) is 4.32. The smallest absolute Gasteiger partial charge is 0.169 e. The zero-order valence-corrected chi connectivity index (χ0v) is 13.5. The summed E-state index contributed by atoms with van der Waals surface area (Å²) >= 11 is 3.42. The van der Waals surface area contributed by atoms with Crippen LogP contribution in [0.3, 0.4) is 0 Å². The Bertz CT molecular complexity index is 589. The molecule has 0 saturated carbocycles. The maximum Gasteiger partial charge on any atom is 0.169 e. The van der Waals surface area contributed by atoms with Crippen LogP contribution in [-0.2, 0) is 12.0 Å². The van der Waals surface area contributed by atoms with Crippen molar-refractivity contribution in [3.63, 3.8) is 0 Å². The number of nitrogen functional groups attached to an aromatic ring is 1. The molecule has 1 aromatic carbocycles. The third-order valence-corrected chi connectivity index (χ3v) is 3.33. The van der Waals surface area contributed by atoms with Crippen molar-refractivity contribution < 1.29 is 4.74 Å². The predicted octanol–water partition coefficient (Wildman–Crippen LogP) is 3.00. The van der Waals surface area contributed by atoms with E-state index in [0.717, 1.165) is 15.9 Å². The van der Waals surface area contributed by atoms with Crippen molar-refractivity contribution in [2.45, 2.75) is 32.7 Å². The van der Waals surface area contributed by atoms with Crippen LogP contribution in [0, 0.1) is 0 Å².